The van der Waals surface area contributed by atoms with Gasteiger partial charge in [-0.2, -0.15) is 11.3 Å². The number of carbonyl (C=O) groups excluding carboxylic acids is 2. The number of likely N-dealkylation sites (N-methyl/N-ethyl adjacent to an activating group) is 1. The van der Waals surface area contributed by atoms with Crippen molar-refractivity contribution in [1.82, 2.24) is 15.5 Å². The minimum absolute atomic E-state index is 0.0504. The van der Waals surface area contributed by atoms with Gasteiger partial charge in [-0.05, 0) is 37.5 Å². The summed E-state index contributed by atoms with van der Waals surface area (Å²) in [6, 6.07) is 12.2. The fourth-order valence-electron chi connectivity index (χ4n) is 2.43. The van der Waals surface area contributed by atoms with Crippen LogP contribution in [0.25, 0.3) is 0 Å². The van der Waals surface area contributed by atoms with Gasteiger partial charge in [0.2, 0.25) is 5.91 Å². The standard InChI is InChI=1S/C19H25N3O2S/c1-22(2)17(12-15-6-4-3-5-7-15)13-21-18(23)8-10-20-19(24)16-9-11-25-14-16/h3-7,9,11,14,17H,8,10,12-13H2,1-2H3,(H,20,24)(H,21,23). The van der Waals surface area contributed by atoms with Crippen molar-refractivity contribution in [2.45, 2.75) is 18.9 Å². The minimum atomic E-state index is -0.135. The summed E-state index contributed by atoms with van der Waals surface area (Å²) in [6.07, 6.45) is 1.16. The van der Waals surface area contributed by atoms with Crippen LogP contribution in [0.15, 0.2) is 47.2 Å². The van der Waals surface area contributed by atoms with Gasteiger partial charge in [0.05, 0.1) is 0 Å². The van der Waals surface area contributed by atoms with Crippen LogP contribution in [0.4, 0.5) is 0 Å². The third-order valence-electron chi connectivity index (χ3n) is 4.00. The first-order chi connectivity index (χ1) is 12.1. The van der Waals surface area contributed by atoms with Crippen LogP contribution in [0, 0.1) is 0 Å². The first-order valence-electron chi connectivity index (χ1n) is 8.33. The summed E-state index contributed by atoms with van der Waals surface area (Å²) in [4.78, 5) is 25.9. The van der Waals surface area contributed by atoms with Crippen LogP contribution >= 0.6 is 11.3 Å². The predicted octanol–water partition coefficient (Wildman–Crippen LogP) is 2.16. The Morgan fingerprint density at radius 1 is 1.12 bits per heavy atom. The lowest BCUT2D eigenvalue weighted by molar-refractivity contribution is -0.121. The average molecular weight is 359 g/mol. The zero-order valence-corrected chi connectivity index (χ0v) is 15.5. The SMILES string of the molecule is CN(C)C(CNC(=O)CCNC(=O)c1ccsc1)Cc1ccccc1. The molecule has 1 heterocycles. The lowest BCUT2D eigenvalue weighted by Gasteiger charge is -2.24. The molecule has 1 atom stereocenters. The Kier molecular flexibility index (Phi) is 7.63. The van der Waals surface area contributed by atoms with Gasteiger partial charge >= 0.3 is 0 Å². The third-order valence-corrected chi connectivity index (χ3v) is 4.68. The van der Waals surface area contributed by atoms with E-state index in [1.807, 2.05) is 37.7 Å². The summed E-state index contributed by atoms with van der Waals surface area (Å²) in [6.45, 7) is 0.922. The highest BCUT2D eigenvalue weighted by atomic mass is 32.1. The fourth-order valence-corrected chi connectivity index (χ4v) is 3.06. The molecule has 0 fully saturated rings. The highest BCUT2D eigenvalue weighted by molar-refractivity contribution is 7.08. The van der Waals surface area contributed by atoms with Crippen molar-refractivity contribution in [2.24, 2.45) is 0 Å². The molecule has 1 aromatic heterocycles. The molecule has 1 unspecified atom stereocenters. The summed E-state index contributed by atoms with van der Waals surface area (Å²) >= 11 is 1.48. The zero-order chi connectivity index (χ0) is 18.1. The lowest BCUT2D eigenvalue weighted by Crippen LogP contribution is -2.42. The third kappa shape index (κ3) is 6.68. The van der Waals surface area contributed by atoms with E-state index in [1.54, 1.807) is 11.4 Å². The molecule has 134 valence electrons. The average Bonchev–Trinajstić information content (AvgIpc) is 3.14. The van der Waals surface area contributed by atoms with Gasteiger partial charge in [0.15, 0.2) is 0 Å². The Morgan fingerprint density at radius 2 is 1.88 bits per heavy atom. The van der Waals surface area contributed by atoms with Gasteiger partial charge in [0, 0.05) is 36.5 Å². The fraction of sp³-hybridized carbons (Fsp3) is 0.368. The molecule has 2 amide bonds. The minimum Gasteiger partial charge on any atom is -0.354 e. The van der Waals surface area contributed by atoms with E-state index < -0.39 is 0 Å². The molecule has 0 aliphatic heterocycles. The Bertz CT molecular complexity index is 657. The van der Waals surface area contributed by atoms with Gasteiger partial charge in [0.1, 0.15) is 0 Å². The van der Waals surface area contributed by atoms with E-state index in [4.69, 9.17) is 0 Å². The molecule has 6 heteroatoms. The molecule has 0 saturated heterocycles. The topological polar surface area (TPSA) is 61.4 Å². The van der Waals surface area contributed by atoms with E-state index in [0.717, 1.165) is 6.42 Å². The van der Waals surface area contributed by atoms with E-state index in [9.17, 15) is 9.59 Å². The van der Waals surface area contributed by atoms with Crippen LogP contribution in [0.5, 0.6) is 0 Å². The van der Waals surface area contributed by atoms with Crippen molar-refractivity contribution in [2.75, 3.05) is 27.2 Å². The number of amides is 2. The Labute approximate surface area is 153 Å². The molecule has 0 aliphatic rings. The van der Waals surface area contributed by atoms with Crippen molar-refractivity contribution >= 4 is 23.2 Å². The van der Waals surface area contributed by atoms with Gasteiger partial charge in [0.25, 0.3) is 5.91 Å². The van der Waals surface area contributed by atoms with E-state index in [-0.39, 0.29) is 24.3 Å². The van der Waals surface area contributed by atoms with Crippen LogP contribution in [-0.2, 0) is 11.2 Å². The molecule has 2 aromatic rings. The van der Waals surface area contributed by atoms with Crippen LogP contribution in [0.1, 0.15) is 22.3 Å². The highest BCUT2D eigenvalue weighted by Crippen LogP contribution is 2.06. The molecule has 25 heavy (non-hydrogen) atoms. The van der Waals surface area contributed by atoms with Crippen LogP contribution < -0.4 is 10.6 Å². The first-order valence-corrected chi connectivity index (χ1v) is 9.28. The Balaban J connectivity index is 1.70. The van der Waals surface area contributed by atoms with Crippen molar-refractivity contribution in [1.29, 1.82) is 0 Å². The normalized spacial score (nSPS) is 12.0. The van der Waals surface area contributed by atoms with Gasteiger partial charge in [-0.3, -0.25) is 9.59 Å². The second-order valence-electron chi connectivity index (χ2n) is 6.13. The van der Waals surface area contributed by atoms with Crippen LogP contribution in [-0.4, -0.2) is 49.9 Å². The lowest BCUT2D eigenvalue weighted by atomic mass is 10.1. The quantitative estimate of drug-likeness (QED) is 0.721. The summed E-state index contributed by atoms with van der Waals surface area (Å²) in [5.74, 6) is -0.185. The second-order valence-corrected chi connectivity index (χ2v) is 6.91. The highest BCUT2D eigenvalue weighted by Gasteiger charge is 2.14. The molecule has 0 bridgehead atoms. The smallest absolute Gasteiger partial charge is 0.252 e. The van der Waals surface area contributed by atoms with Crippen LogP contribution in [0.2, 0.25) is 0 Å². The number of hydrogen-bond acceptors (Lipinski definition) is 4. The summed E-state index contributed by atoms with van der Waals surface area (Å²) in [7, 11) is 4.03. The maximum atomic E-state index is 12.0. The zero-order valence-electron chi connectivity index (χ0n) is 14.7. The maximum absolute atomic E-state index is 12.0. The van der Waals surface area contributed by atoms with Gasteiger partial charge in [-0.1, -0.05) is 30.3 Å². The van der Waals surface area contributed by atoms with E-state index in [1.165, 1.54) is 16.9 Å². The van der Waals surface area contributed by atoms with E-state index in [2.05, 4.69) is 27.7 Å². The molecule has 5 nitrogen and oxygen atoms in total. The molecule has 0 saturated carbocycles. The van der Waals surface area contributed by atoms with E-state index >= 15 is 0 Å². The van der Waals surface area contributed by atoms with Crippen molar-refractivity contribution < 1.29 is 9.59 Å². The van der Waals surface area contributed by atoms with Gasteiger partial charge in [-0.25, -0.2) is 0 Å². The molecule has 0 aliphatic carbocycles. The first kappa shape index (κ1) is 19.1. The summed E-state index contributed by atoms with van der Waals surface area (Å²) in [5, 5.41) is 9.37. The van der Waals surface area contributed by atoms with Crippen molar-refractivity contribution in [3.63, 3.8) is 0 Å². The molecule has 0 radical (unpaired) electrons. The molecule has 1 aromatic carbocycles. The second kappa shape index (κ2) is 9.96. The monoisotopic (exact) mass is 359 g/mol. The predicted molar refractivity (Wildman–Crippen MR) is 102 cm³/mol. The van der Waals surface area contributed by atoms with Crippen molar-refractivity contribution in [3.8, 4) is 0 Å². The number of rotatable bonds is 9. The molecule has 2 rings (SSSR count). The number of nitrogens with one attached hydrogen (secondary N) is 2. The largest absolute Gasteiger partial charge is 0.354 e. The Hall–Kier alpha value is -2.18. The molecule has 0 spiro atoms. The summed E-state index contributed by atoms with van der Waals surface area (Å²) in [5.41, 5.74) is 1.89. The molecular formula is C19H25N3O2S. The number of hydrogen-bond donors (Lipinski definition) is 2. The molecule has 2 N–H and O–H groups in total. The number of carbonyl (C=O) groups is 2. The number of thiophene rings is 1. The van der Waals surface area contributed by atoms with Gasteiger partial charge in [-0.15, -0.1) is 0 Å². The van der Waals surface area contributed by atoms with E-state index in [0.29, 0.717) is 18.7 Å². The number of benzene rings is 1. The van der Waals surface area contributed by atoms with Crippen LogP contribution in [0.3, 0.4) is 0 Å². The maximum Gasteiger partial charge on any atom is 0.252 e. The molecular weight excluding hydrogens is 334 g/mol. The Morgan fingerprint density at radius 3 is 2.52 bits per heavy atom. The summed E-state index contributed by atoms with van der Waals surface area (Å²) < 4.78 is 0. The number of nitrogens with zero attached hydrogens (tertiary/aromatic N) is 1. The van der Waals surface area contributed by atoms with Crippen molar-refractivity contribution in [3.05, 3.63) is 58.3 Å². The van der Waals surface area contributed by atoms with Gasteiger partial charge < -0.3 is 15.5 Å².